The Morgan fingerprint density at radius 1 is 0.881 bits per heavy atom. The van der Waals surface area contributed by atoms with E-state index in [4.69, 9.17) is 25.8 Å². The van der Waals surface area contributed by atoms with Gasteiger partial charge in [-0.05, 0) is 64.2 Å². The minimum atomic E-state index is -0.803. The monoisotopic (exact) mass is 584 g/mol. The Hall–Kier alpha value is -4.82. The van der Waals surface area contributed by atoms with Crippen molar-refractivity contribution in [2.24, 2.45) is 0 Å². The summed E-state index contributed by atoms with van der Waals surface area (Å²) in [7, 11) is 1.52. The predicted octanol–water partition coefficient (Wildman–Crippen LogP) is 6.53. The van der Waals surface area contributed by atoms with E-state index in [-0.39, 0.29) is 12.1 Å². The van der Waals surface area contributed by atoms with Crippen LogP contribution in [0.3, 0.4) is 0 Å². The molecule has 4 aromatic rings. The number of carbonyl (C=O) groups is 3. The third kappa shape index (κ3) is 6.24. The zero-order valence-electron chi connectivity index (χ0n) is 23.2. The number of methoxy groups -OCH3 is 1. The molecule has 1 aliphatic rings. The summed E-state index contributed by atoms with van der Waals surface area (Å²) in [5.74, 6) is 0.00374. The zero-order chi connectivity index (χ0) is 29.6. The molecule has 1 heterocycles. The summed E-state index contributed by atoms with van der Waals surface area (Å²) < 4.78 is 17.1. The van der Waals surface area contributed by atoms with Crippen molar-refractivity contribution in [1.29, 1.82) is 0 Å². The highest BCUT2D eigenvalue weighted by Gasteiger charge is 2.35. The van der Waals surface area contributed by atoms with Crippen LogP contribution in [0, 0.1) is 0 Å². The van der Waals surface area contributed by atoms with Crippen molar-refractivity contribution < 1.29 is 28.6 Å². The molecule has 1 N–H and O–H groups in total. The van der Waals surface area contributed by atoms with Crippen molar-refractivity contribution in [3.8, 4) is 17.2 Å². The molecule has 0 aliphatic carbocycles. The van der Waals surface area contributed by atoms with Crippen LogP contribution in [0.25, 0.3) is 16.8 Å². The van der Waals surface area contributed by atoms with Crippen LogP contribution in [0.1, 0.15) is 30.0 Å². The number of nitrogens with one attached hydrogen (secondary N) is 1. The molecular formula is C33H29ClN2O6. The maximum Gasteiger partial charge on any atom is 0.331 e. The number of nitrogens with zero attached hydrogens (tertiary/aromatic N) is 1. The van der Waals surface area contributed by atoms with E-state index in [0.717, 1.165) is 27.7 Å². The molecule has 0 bridgehead atoms. The molecule has 0 atom stereocenters. The van der Waals surface area contributed by atoms with Crippen LogP contribution >= 0.6 is 11.6 Å². The Kier molecular flexibility index (Phi) is 8.74. The van der Waals surface area contributed by atoms with E-state index in [9.17, 15) is 14.4 Å². The van der Waals surface area contributed by atoms with Crippen molar-refractivity contribution >= 4 is 46.3 Å². The fraction of sp³-hybridized carbons (Fsp3) is 0.182. The fourth-order valence-corrected chi connectivity index (χ4v) is 4.87. The van der Waals surface area contributed by atoms with Gasteiger partial charge in [-0.2, -0.15) is 0 Å². The molecular weight excluding hydrogens is 556 g/mol. The number of benzene rings is 4. The number of fused-ring (bicyclic) bond motifs is 1. The number of barbiturate groups is 1. The zero-order valence-corrected chi connectivity index (χ0v) is 23.9. The number of ether oxygens (including phenoxy) is 3. The second-order valence-corrected chi connectivity index (χ2v) is 10.1. The van der Waals surface area contributed by atoms with E-state index in [1.807, 2.05) is 49.4 Å². The van der Waals surface area contributed by atoms with Gasteiger partial charge in [-0.15, -0.1) is 0 Å². The number of imide groups is 2. The first-order chi connectivity index (χ1) is 20.4. The fourth-order valence-electron chi connectivity index (χ4n) is 4.63. The van der Waals surface area contributed by atoms with Crippen LogP contribution in [-0.4, -0.2) is 36.5 Å². The Balaban J connectivity index is 1.32. The van der Waals surface area contributed by atoms with Gasteiger partial charge in [0.05, 0.1) is 25.3 Å². The molecule has 4 aromatic carbocycles. The normalized spacial score (nSPS) is 14.3. The van der Waals surface area contributed by atoms with E-state index in [1.165, 1.54) is 13.2 Å². The summed E-state index contributed by atoms with van der Waals surface area (Å²) >= 11 is 6.51. The molecule has 214 valence electrons. The first kappa shape index (κ1) is 28.7. The Morgan fingerprint density at radius 3 is 2.45 bits per heavy atom. The Morgan fingerprint density at radius 2 is 1.67 bits per heavy atom. The lowest BCUT2D eigenvalue weighted by atomic mass is 10.1. The van der Waals surface area contributed by atoms with Crippen LogP contribution in [0.15, 0.2) is 84.4 Å². The van der Waals surface area contributed by atoms with Gasteiger partial charge in [0.2, 0.25) is 0 Å². The van der Waals surface area contributed by atoms with Crippen molar-refractivity contribution in [2.75, 3.05) is 13.7 Å². The molecule has 0 radical (unpaired) electrons. The van der Waals surface area contributed by atoms with Gasteiger partial charge in [0.15, 0.2) is 11.5 Å². The lowest BCUT2D eigenvalue weighted by Crippen LogP contribution is -2.53. The van der Waals surface area contributed by atoms with Crippen molar-refractivity contribution in [1.82, 2.24) is 10.2 Å². The lowest BCUT2D eigenvalue weighted by Gasteiger charge is -2.26. The number of hydrogen-bond donors (Lipinski definition) is 1. The Labute approximate surface area is 248 Å². The van der Waals surface area contributed by atoms with Crippen LogP contribution in [-0.2, 0) is 22.7 Å². The van der Waals surface area contributed by atoms with Crippen LogP contribution in [0.2, 0.25) is 5.02 Å². The number of halogens is 1. The van der Waals surface area contributed by atoms with Gasteiger partial charge in [0.1, 0.15) is 17.9 Å². The smallest absolute Gasteiger partial charge is 0.331 e. The molecule has 42 heavy (non-hydrogen) atoms. The minimum absolute atomic E-state index is 0.0680. The van der Waals surface area contributed by atoms with E-state index < -0.39 is 17.8 Å². The van der Waals surface area contributed by atoms with Gasteiger partial charge in [-0.25, -0.2) is 4.79 Å². The Bertz CT molecular complexity index is 1690. The van der Waals surface area contributed by atoms with Gasteiger partial charge in [0, 0.05) is 0 Å². The average molecular weight is 585 g/mol. The topological polar surface area (TPSA) is 94.2 Å². The van der Waals surface area contributed by atoms with Crippen LogP contribution < -0.4 is 19.5 Å². The van der Waals surface area contributed by atoms with Crippen LogP contribution in [0.5, 0.6) is 17.2 Å². The quantitative estimate of drug-likeness (QED) is 0.168. The third-order valence-corrected chi connectivity index (χ3v) is 7.04. The SMILES string of the molecule is CCCOc1ccc(CN2C(=O)NC(=O)/C(=C\c3ccc(OCc4cccc5ccccc45)c(Cl)c3)C2=O)cc1OC. The van der Waals surface area contributed by atoms with E-state index in [1.54, 1.807) is 36.4 Å². The van der Waals surface area contributed by atoms with Gasteiger partial charge in [-0.3, -0.25) is 19.8 Å². The van der Waals surface area contributed by atoms with Gasteiger partial charge in [0.25, 0.3) is 11.8 Å². The maximum absolute atomic E-state index is 13.3. The third-order valence-electron chi connectivity index (χ3n) is 6.75. The number of rotatable bonds is 10. The highest BCUT2D eigenvalue weighted by Crippen LogP contribution is 2.31. The van der Waals surface area contributed by atoms with Crippen molar-refractivity contribution in [2.45, 2.75) is 26.5 Å². The van der Waals surface area contributed by atoms with Gasteiger partial charge < -0.3 is 14.2 Å². The molecule has 0 spiro atoms. The van der Waals surface area contributed by atoms with Crippen molar-refractivity contribution in [3.63, 3.8) is 0 Å². The molecule has 0 saturated carbocycles. The highest BCUT2D eigenvalue weighted by atomic mass is 35.5. The first-order valence-corrected chi connectivity index (χ1v) is 13.8. The molecule has 1 saturated heterocycles. The molecule has 5 rings (SSSR count). The lowest BCUT2D eigenvalue weighted by molar-refractivity contribution is -0.130. The molecule has 9 heteroatoms. The first-order valence-electron chi connectivity index (χ1n) is 13.5. The minimum Gasteiger partial charge on any atom is -0.493 e. The largest absolute Gasteiger partial charge is 0.493 e. The molecule has 8 nitrogen and oxygen atoms in total. The summed E-state index contributed by atoms with van der Waals surface area (Å²) in [6, 6.07) is 23.4. The summed E-state index contributed by atoms with van der Waals surface area (Å²) in [4.78, 5) is 39.5. The van der Waals surface area contributed by atoms with E-state index >= 15 is 0 Å². The molecule has 0 aromatic heterocycles. The summed E-state index contributed by atoms with van der Waals surface area (Å²) in [5, 5.41) is 4.77. The molecule has 0 unspecified atom stereocenters. The molecule has 4 amide bonds. The maximum atomic E-state index is 13.3. The van der Waals surface area contributed by atoms with Gasteiger partial charge >= 0.3 is 6.03 Å². The second-order valence-electron chi connectivity index (χ2n) is 9.66. The number of amides is 4. The molecule has 1 aliphatic heterocycles. The second kappa shape index (κ2) is 12.8. The molecule has 1 fully saturated rings. The predicted molar refractivity (Wildman–Crippen MR) is 161 cm³/mol. The highest BCUT2D eigenvalue weighted by molar-refractivity contribution is 6.33. The van der Waals surface area contributed by atoms with Gasteiger partial charge in [-0.1, -0.05) is 73.1 Å². The number of urea groups is 1. The summed E-state index contributed by atoms with van der Waals surface area (Å²) in [6.45, 7) is 2.77. The number of hydrogen-bond acceptors (Lipinski definition) is 6. The number of carbonyl (C=O) groups excluding carboxylic acids is 3. The van der Waals surface area contributed by atoms with Crippen LogP contribution in [0.4, 0.5) is 4.79 Å². The van der Waals surface area contributed by atoms with E-state index in [2.05, 4.69) is 5.32 Å². The summed E-state index contributed by atoms with van der Waals surface area (Å²) in [6.07, 6.45) is 2.24. The average Bonchev–Trinajstić information content (AvgIpc) is 3.00. The standard InChI is InChI=1S/C33H29ClN2O6/c1-3-15-41-29-14-12-22(18-30(29)40-2)19-36-32(38)26(31(37)35-33(36)39)16-21-11-13-28(27(34)17-21)42-20-24-9-6-8-23-7-4-5-10-25(23)24/h4-14,16-18H,3,15,19-20H2,1-2H3,(H,35,37,39)/b26-16+. The summed E-state index contributed by atoms with van der Waals surface area (Å²) in [5.41, 5.74) is 1.96. The van der Waals surface area contributed by atoms with Crippen molar-refractivity contribution in [3.05, 3.63) is 106 Å². The van der Waals surface area contributed by atoms with E-state index in [0.29, 0.717) is 46.6 Å².